The van der Waals surface area contributed by atoms with Gasteiger partial charge in [-0.25, -0.2) is 0 Å². The van der Waals surface area contributed by atoms with Gasteiger partial charge in [-0.2, -0.15) is 0 Å². The molecule has 0 saturated heterocycles. The van der Waals surface area contributed by atoms with Gasteiger partial charge in [0.05, 0.1) is 10.4 Å². The Kier molecular flexibility index (Phi) is 5.40. The van der Waals surface area contributed by atoms with E-state index in [1.54, 1.807) is 0 Å². The lowest BCUT2D eigenvalue weighted by Gasteiger charge is -2.26. The Labute approximate surface area is 252 Å². The van der Waals surface area contributed by atoms with Crippen molar-refractivity contribution in [2.24, 2.45) is 0 Å². The first-order chi connectivity index (χ1) is 21.3. The van der Waals surface area contributed by atoms with Crippen molar-refractivity contribution in [1.82, 2.24) is 0 Å². The van der Waals surface area contributed by atoms with E-state index in [1.165, 1.54) is 42.1 Å². The van der Waals surface area contributed by atoms with Crippen LogP contribution >= 0.6 is 11.3 Å². The highest BCUT2D eigenvalue weighted by molar-refractivity contribution is 7.26. The van der Waals surface area contributed by atoms with Crippen molar-refractivity contribution in [2.45, 2.75) is 0 Å². The van der Waals surface area contributed by atoms with Crippen LogP contribution in [-0.4, -0.2) is 0 Å². The van der Waals surface area contributed by atoms with Crippen molar-refractivity contribution >= 4 is 81.3 Å². The molecule has 0 unspecified atom stereocenters. The summed E-state index contributed by atoms with van der Waals surface area (Å²) in [5, 5.41) is 7.19. The molecule has 9 aromatic rings. The predicted octanol–water partition coefficient (Wildman–Crippen LogP) is 12.2. The number of benzene rings is 7. The number of fused-ring (bicyclic) bond motifs is 8. The molecule has 2 aromatic heterocycles. The van der Waals surface area contributed by atoms with Crippen LogP contribution in [0.4, 0.5) is 17.1 Å². The molecular weight excluding hydrogens is 543 g/mol. The molecule has 0 atom stereocenters. The van der Waals surface area contributed by atoms with E-state index in [-0.39, 0.29) is 0 Å². The largest absolute Gasteiger partial charge is 0.455 e. The Morgan fingerprint density at radius 1 is 0.512 bits per heavy atom. The number of anilines is 3. The highest BCUT2D eigenvalue weighted by Gasteiger charge is 2.23. The third-order valence-electron chi connectivity index (χ3n) is 8.45. The first-order valence-corrected chi connectivity index (χ1v) is 15.3. The standard InChI is InChI=1S/C40H25NOS/c1-2-13-28(14-3-1)41(29-23-21-27(22-24-29)31-18-10-12-26-11-4-5-15-30(26)31)35-25-34-32-16-6-8-19-36(32)42-39(34)38-33-17-7-9-20-37(33)43-40(35)38/h1-25H. The van der Waals surface area contributed by atoms with Crippen LogP contribution in [0.2, 0.25) is 0 Å². The lowest BCUT2D eigenvalue weighted by atomic mass is 9.98. The van der Waals surface area contributed by atoms with Crippen LogP contribution in [0.1, 0.15) is 0 Å². The summed E-state index contributed by atoms with van der Waals surface area (Å²) in [6, 6.07) is 54.2. The normalized spacial score (nSPS) is 11.7. The molecule has 7 aromatic carbocycles. The molecule has 0 aliphatic rings. The zero-order chi connectivity index (χ0) is 28.3. The van der Waals surface area contributed by atoms with Crippen molar-refractivity contribution in [2.75, 3.05) is 4.90 Å². The second-order valence-corrected chi connectivity index (χ2v) is 12.0. The van der Waals surface area contributed by atoms with Crippen LogP contribution < -0.4 is 4.90 Å². The number of thiophene rings is 1. The number of hydrogen-bond acceptors (Lipinski definition) is 3. The molecule has 0 spiro atoms. The van der Waals surface area contributed by atoms with Gasteiger partial charge in [0.1, 0.15) is 11.2 Å². The first-order valence-electron chi connectivity index (χ1n) is 14.5. The summed E-state index contributed by atoms with van der Waals surface area (Å²) in [5.74, 6) is 0. The van der Waals surface area contributed by atoms with E-state index in [0.717, 1.165) is 39.0 Å². The summed E-state index contributed by atoms with van der Waals surface area (Å²) < 4.78 is 9.04. The minimum Gasteiger partial charge on any atom is -0.455 e. The fourth-order valence-electron chi connectivity index (χ4n) is 6.49. The van der Waals surface area contributed by atoms with Crippen LogP contribution in [-0.2, 0) is 0 Å². The molecule has 9 rings (SSSR count). The summed E-state index contributed by atoms with van der Waals surface area (Å²) in [6.45, 7) is 0. The van der Waals surface area contributed by atoms with Gasteiger partial charge in [0.2, 0.25) is 0 Å². The number of rotatable bonds is 4. The third-order valence-corrected chi connectivity index (χ3v) is 9.64. The second kappa shape index (κ2) is 9.59. The molecule has 2 nitrogen and oxygen atoms in total. The van der Waals surface area contributed by atoms with Crippen LogP contribution in [0.5, 0.6) is 0 Å². The van der Waals surface area contributed by atoms with Gasteiger partial charge in [-0.05, 0) is 64.4 Å². The molecule has 2 heterocycles. The predicted molar refractivity (Wildman–Crippen MR) is 184 cm³/mol. The summed E-state index contributed by atoms with van der Waals surface area (Å²) in [6.07, 6.45) is 0. The topological polar surface area (TPSA) is 16.4 Å². The van der Waals surface area contributed by atoms with E-state index in [2.05, 4.69) is 150 Å². The van der Waals surface area contributed by atoms with E-state index < -0.39 is 0 Å². The fraction of sp³-hybridized carbons (Fsp3) is 0. The highest BCUT2D eigenvalue weighted by Crippen LogP contribution is 2.49. The molecule has 0 amide bonds. The van der Waals surface area contributed by atoms with Gasteiger partial charge < -0.3 is 9.32 Å². The SMILES string of the molecule is c1ccc(N(c2ccc(-c3cccc4ccccc34)cc2)c2cc3c4ccccc4oc3c3c2sc2ccccc23)cc1. The van der Waals surface area contributed by atoms with Crippen molar-refractivity contribution in [1.29, 1.82) is 0 Å². The van der Waals surface area contributed by atoms with Gasteiger partial charge in [-0.1, -0.05) is 109 Å². The average molecular weight is 568 g/mol. The Morgan fingerprint density at radius 2 is 1.19 bits per heavy atom. The molecule has 0 N–H and O–H groups in total. The Hall–Kier alpha value is -5.38. The highest BCUT2D eigenvalue weighted by atomic mass is 32.1. The zero-order valence-electron chi connectivity index (χ0n) is 23.2. The van der Waals surface area contributed by atoms with Crippen LogP contribution in [0.15, 0.2) is 156 Å². The number of hydrogen-bond donors (Lipinski definition) is 0. The summed E-state index contributed by atoms with van der Waals surface area (Å²) in [7, 11) is 0. The molecule has 43 heavy (non-hydrogen) atoms. The van der Waals surface area contributed by atoms with Gasteiger partial charge in [0.15, 0.2) is 0 Å². The Bertz CT molecular complexity index is 2450. The maximum Gasteiger partial charge on any atom is 0.144 e. The van der Waals surface area contributed by atoms with Crippen LogP contribution in [0.25, 0.3) is 64.0 Å². The molecular formula is C40H25NOS. The molecule has 202 valence electrons. The molecule has 0 aliphatic heterocycles. The third kappa shape index (κ3) is 3.79. The van der Waals surface area contributed by atoms with Gasteiger partial charge >= 0.3 is 0 Å². The van der Waals surface area contributed by atoms with Crippen molar-refractivity contribution in [3.8, 4) is 11.1 Å². The van der Waals surface area contributed by atoms with E-state index in [0.29, 0.717) is 0 Å². The zero-order valence-corrected chi connectivity index (χ0v) is 24.0. The minimum absolute atomic E-state index is 0.914. The summed E-state index contributed by atoms with van der Waals surface area (Å²) >= 11 is 1.83. The molecule has 0 saturated carbocycles. The van der Waals surface area contributed by atoms with Crippen molar-refractivity contribution in [3.63, 3.8) is 0 Å². The van der Waals surface area contributed by atoms with E-state index in [1.807, 2.05) is 17.4 Å². The van der Waals surface area contributed by atoms with Gasteiger partial charge in [0, 0.05) is 37.6 Å². The smallest absolute Gasteiger partial charge is 0.144 e. The van der Waals surface area contributed by atoms with Crippen LogP contribution in [0.3, 0.4) is 0 Å². The lowest BCUT2D eigenvalue weighted by molar-refractivity contribution is 0.673. The van der Waals surface area contributed by atoms with E-state index in [9.17, 15) is 0 Å². The van der Waals surface area contributed by atoms with Gasteiger partial charge in [-0.3, -0.25) is 0 Å². The summed E-state index contributed by atoms with van der Waals surface area (Å²) in [5.41, 5.74) is 7.70. The number of nitrogens with zero attached hydrogens (tertiary/aromatic N) is 1. The van der Waals surface area contributed by atoms with Crippen LogP contribution in [0, 0.1) is 0 Å². The first kappa shape index (κ1) is 24.2. The quantitative estimate of drug-likeness (QED) is 0.210. The second-order valence-electron chi connectivity index (χ2n) is 10.9. The van der Waals surface area contributed by atoms with Gasteiger partial charge in [-0.15, -0.1) is 11.3 Å². The molecule has 3 heteroatoms. The minimum atomic E-state index is 0.914. The number of para-hydroxylation sites is 2. The Balaban J connectivity index is 1.32. The lowest BCUT2D eigenvalue weighted by Crippen LogP contribution is -2.10. The average Bonchev–Trinajstić information content (AvgIpc) is 3.64. The van der Waals surface area contributed by atoms with Gasteiger partial charge in [0.25, 0.3) is 0 Å². The van der Waals surface area contributed by atoms with Crippen molar-refractivity contribution < 1.29 is 4.42 Å². The molecule has 0 fully saturated rings. The molecule has 0 radical (unpaired) electrons. The Morgan fingerprint density at radius 3 is 2.05 bits per heavy atom. The van der Waals surface area contributed by atoms with E-state index in [4.69, 9.17) is 4.42 Å². The fourth-order valence-corrected chi connectivity index (χ4v) is 7.69. The monoisotopic (exact) mass is 567 g/mol. The molecule has 0 aliphatic carbocycles. The maximum absolute atomic E-state index is 6.57. The number of furan rings is 1. The summed E-state index contributed by atoms with van der Waals surface area (Å²) in [4.78, 5) is 2.39. The van der Waals surface area contributed by atoms with E-state index >= 15 is 0 Å². The maximum atomic E-state index is 6.57. The van der Waals surface area contributed by atoms with Crippen molar-refractivity contribution in [3.05, 3.63) is 152 Å². The molecule has 0 bridgehead atoms.